The van der Waals surface area contributed by atoms with Gasteiger partial charge >= 0.3 is 0 Å². The van der Waals surface area contributed by atoms with Crippen molar-refractivity contribution in [2.45, 2.75) is 12.8 Å². The van der Waals surface area contributed by atoms with Gasteiger partial charge < -0.3 is 0 Å². The van der Waals surface area contributed by atoms with Crippen molar-refractivity contribution in [3.63, 3.8) is 0 Å². The quantitative estimate of drug-likeness (QED) is 0.655. The summed E-state index contributed by atoms with van der Waals surface area (Å²) >= 11 is 3.27. The third-order valence-corrected chi connectivity index (χ3v) is 1.65. The maximum atomic E-state index is 8.26. The van der Waals surface area contributed by atoms with Gasteiger partial charge in [0.15, 0.2) is 0 Å². The zero-order valence-electron chi connectivity index (χ0n) is 6.31. The molecule has 11 heavy (non-hydrogen) atoms. The number of allylic oxidation sites excluding steroid dienone is 4. The molecule has 0 unspecified atom stereocenters. The van der Waals surface area contributed by atoms with Crippen molar-refractivity contribution >= 4 is 15.9 Å². The van der Waals surface area contributed by atoms with E-state index in [-0.39, 0.29) is 0 Å². The Labute approximate surface area is 75.9 Å². The van der Waals surface area contributed by atoms with Crippen LogP contribution >= 0.6 is 15.9 Å². The number of rotatable bonds is 4. The van der Waals surface area contributed by atoms with Crippen LogP contribution in [0.4, 0.5) is 0 Å². The predicted molar refractivity (Wildman–Crippen MR) is 51.2 cm³/mol. The maximum absolute atomic E-state index is 8.26. The summed E-state index contributed by atoms with van der Waals surface area (Å²) in [5.74, 6) is 0. The van der Waals surface area contributed by atoms with Crippen LogP contribution in [0.1, 0.15) is 12.8 Å². The molecule has 2 heteroatoms. The first-order chi connectivity index (χ1) is 5.20. The van der Waals surface area contributed by atoms with Crippen molar-refractivity contribution in [2.24, 2.45) is 0 Å². The molecule has 1 nitrogen and oxygen atoms in total. The molecular formula is C9H10BrN. The molecular weight excluding hydrogens is 202 g/mol. The van der Waals surface area contributed by atoms with Crippen LogP contribution in [0, 0.1) is 11.3 Å². The summed E-state index contributed by atoms with van der Waals surface area (Å²) in [4.78, 5) is 0. The Bertz CT molecular complexity index is 220. The van der Waals surface area contributed by atoms with E-state index in [1.54, 1.807) is 6.08 Å². The number of nitrogens with zero attached hydrogens (tertiary/aromatic N) is 1. The third-order valence-electron chi connectivity index (χ3n) is 1.09. The summed E-state index contributed by atoms with van der Waals surface area (Å²) in [6.07, 6.45) is 4.80. The van der Waals surface area contributed by atoms with E-state index in [1.807, 2.05) is 6.08 Å². The molecule has 0 heterocycles. The lowest BCUT2D eigenvalue weighted by Gasteiger charge is -1.93. The van der Waals surface area contributed by atoms with Gasteiger partial charge in [0.25, 0.3) is 0 Å². The van der Waals surface area contributed by atoms with Gasteiger partial charge in [0.05, 0.1) is 6.07 Å². The zero-order valence-corrected chi connectivity index (χ0v) is 7.89. The number of nitriles is 1. The van der Waals surface area contributed by atoms with Gasteiger partial charge in [-0.3, -0.25) is 0 Å². The Balaban J connectivity index is 3.88. The normalized spacial score (nSPS) is 10.4. The predicted octanol–water partition coefficient (Wildman–Crippen LogP) is 3.31. The molecule has 0 bridgehead atoms. The average molecular weight is 212 g/mol. The highest BCUT2D eigenvalue weighted by Gasteiger charge is 1.89. The van der Waals surface area contributed by atoms with Crippen molar-refractivity contribution in [1.29, 1.82) is 5.26 Å². The highest BCUT2D eigenvalue weighted by Crippen LogP contribution is 2.12. The second-order valence-corrected chi connectivity index (χ2v) is 2.97. The third kappa shape index (κ3) is 5.63. The lowest BCUT2D eigenvalue weighted by Crippen LogP contribution is -1.75. The van der Waals surface area contributed by atoms with E-state index in [0.29, 0.717) is 6.42 Å². The van der Waals surface area contributed by atoms with E-state index < -0.39 is 0 Å². The lowest BCUT2D eigenvalue weighted by atomic mass is 10.1. The Morgan fingerprint density at radius 3 is 2.73 bits per heavy atom. The maximum Gasteiger partial charge on any atom is 0.0625 e. The average Bonchev–Trinajstić information content (AvgIpc) is 2.00. The van der Waals surface area contributed by atoms with Crippen molar-refractivity contribution in [3.05, 3.63) is 35.4 Å². The molecule has 0 aromatic heterocycles. The Morgan fingerprint density at radius 1 is 1.64 bits per heavy atom. The molecule has 0 aliphatic carbocycles. The van der Waals surface area contributed by atoms with Gasteiger partial charge in [0.2, 0.25) is 0 Å². The van der Waals surface area contributed by atoms with Crippen molar-refractivity contribution in [1.82, 2.24) is 0 Å². The summed E-state index contributed by atoms with van der Waals surface area (Å²) in [5, 5.41) is 8.26. The van der Waals surface area contributed by atoms with Gasteiger partial charge in [-0.1, -0.05) is 40.7 Å². The molecule has 0 aromatic carbocycles. The summed E-state index contributed by atoms with van der Waals surface area (Å²) in [5.41, 5.74) is 0.943. The first-order valence-electron chi connectivity index (χ1n) is 3.25. The van der Waals surface area contributed by atoms with E-state index in [4.69, 9.17) is 5.26 Å². The van der Waals surface area contributed by atoms with E-state index in [2.05, 4.69) is 35.2 Å². The van der Waals surface area contributed by atoms with Crippen LogP contribution in [0.25, 0.3) is 0 Å². The largest absolute Gasteiger partial charge is 0.198 e. The van der Waals surface area contributed by atoms with Crippen LogP contribution in [0.3, 0.4) is 0 Å². The van der Waals surface area contributed by atoms with Gasteiger partial charge in [-0.25, -0.2) is 0 Å². The van der Waals surface area contributed by atoms with Crippen LogP contribution in [0.2, 0.25) is 0 Å². The monoisotopic (exact) mass is 211 g/mol. The minimum atomic E-state index is 0.521. The fourth-order valence-corrected chi connectivity index (χ4v) is 0.866. The van der Waals surface area contributed by atoms with Crippen molar-refractivity contribution in [2.75, 3.05) is 0 Å². The first kappa shape index (κ1) is 10.2. The fourth-order valence-electron chi connectivity index (χ4n) is 0.543. The van der Waals surface area contributed by atoms with Crippen LogP contribution in [-0.2, 0) is 0 Å². The fraction of sp³-hybridized carbons (Fsp3) is 0.222. The van der Waals surface area contributed by atoms with Gasteiger partial charge in [0.1, 0.15) is 0 Å². The summed E-state index contributed by atoms with van der Waals surface area (Å²) in [6.45, 7) is 7.35. The Kier molecular flexibility index (Phi) is 5.50. The molecule has 0 atom stereocenters. The molecule has 0 aromatic rings. The SMILES string of the molecule is C=C/C(Br)=C\C(=C)CCC#N. The molecule has 0 aliphatic rings. The summed E-state index contributed by atoms with van der Waals surface area (Å²) in [7, 11) is 0. The number of hydrogen-bond donors (Lipinski definition) is 0. The molecule has 0 saturated carbocycles. The van der Waals surface area contributed by atoms with Crippen LogP contribution in [0.15, 0.2) is 35.4 Å². The summed E-state index contributed by atoms with van der Waals surface area (Å²) in [6, 6.07) is 2.06. The molecule has 0 N–H and O–H groups in total. The smallest absolute Gasteiger partial charge is 0.0625 e. The topological polar surface area (TPSA) is 23.8 Å². The molecule has 58 valence electrons. The standard InChI is InChI=1S/C9H10BrN/c1-3-9(10)7-8(2)5-4-6-11/h3,7H,1-2,4-5H2/b9-7+. The molecule has 0 spiro atoms. The molecule has 0 rings (SSSR count). The van der Waals surface area contributed by atoms with Crippen LogP contribution in [0.5, 0.6) is 0 Å². The van der Waals surface area contributed by atoms with Gasteiger partial charge in [-0.05, 0) is 12.5 Å². The molecule has 0 radical (unpaired) electrons. The molecule has 0 amide bonds. The second kappa shape index (κ2) is 5.94. The van der Waals surface area contributed by atoms with E-state index in [0.717, 1.165) is 16.5 Å². The van der Waals surface area contributed by atoms with Crippen LogP contribution in [-0.4, -0.2) is 0 Å². The second-order valence-electron chi connectivity index (χ2n) is 2.05. The lowest BCUT2D eigenvalue weighted by molar-refractivity contribution is 1.02. The van der Waals surface area contributed by atoms with Crippen molar-refractivity contribution < 1.29 is 0 Å². The summed E-state index contributed by atoms with van der Waals surface area (Å²) < 4.78 is 0.903. The van der Waals surface area contributed by atoms with Gasteiger partial charge in [0, 0.05) is 10.9 Å². The van der Waals surface area contributed by atoms with Gasteiger partial charge in [-0.2, -0.15) is 5.26 Å². The van der Waals surface area contributed by atoms with Crippen molar-refractivity contribution in [3.8, 4) is 6.07 Å². The number of halogens is 1. The minimum Gasteiger partial charge on any atom is -0.198 e. The van der Waals surface area contributed by atoms with Crippen LogP contribution < -0.4 is 0 Å². The van der Waals surface area contributed by atoms with E-state index >= 15 is 0 Å². The van der Waals surface area contributed by atoms with Gasteiger partial charge in [-0.15, -0.1) is 0 Å². The van der Waals surface area contributed by atoms with E-state index in [1.165, 1.54) is 0 Å². The molecule has 0 aliphatic heterocycles. The minimum absolute atomic E-state index is 0.521. The Morgan fingerprint density at radius 2 is 2.27 bits per heavy atom. The highest BCUT2D eigenvalue weighted by atomic mass is 79.9. The first-order valence-corrected chi connectivity index (χ1v) is 4.04. The van der Waals surface area contributed by atoms with E-state index in [9.17, 15) is 0 Å². The molecule has 0 fully saturated rings. The zero-order chi connectivity index (χ0) is 8.69. The number of hydrogen-bond acceptors (Lipinski definition) is 1. The Hall–Kier alpha value is -0.810. The highest BCUT2D eigenvalue weighted by molar-refractivity contribution is 9.11. The molecule has 0 saturated heterocycles.